The Morgan fingerprint density at radius 2 is 1.32 bits per heavy atom. The van der Waals surface area contributed by atoms with Crippen molar-refractivity contribution in [3.63, 3.8) is 0 Å². The van der Waals surface area contributed by atoms with Crippen molar-refractivity contribution in [1.82, 2.24) is 20.0 Å². The fourth-order valence-electron chi connectivity index (χ4n) is 4.47. The molecular weight excluding hydrogens is 308 g/mol. The van der Waals surface area contributed by atoms with Crippen molar-refractivity contribution in [1.29, 1.82) is 0 Å². The van der Waals surface area contributed by atoms with Crippen LogP contribution in [0.3, 0.4) is 0 Å². The van der Waals surface area contributed by atoms with Crippen molar-refractivity contribution in [2.24, 2.45) is 11.8 Å². The van der Waals surface area contributed by atoms with Crippen LogP contribution in [0.15, 0.2) is 0 Å². The molecule has 4 nitrogen and oxygen atoms in total. The maximum atomic E-state index is 3.37. The predicted molar refractivity (Wildman–Crippen MR) is 109 cm³/mol. The van der Waals surface area contributed by atoms with Gasteiger partial charge < -0.3 is 15.1 Å². The monoisotopic (exact) mass is 352 g/mol. The lowest BCUT2D eigenvalue weighted by Crippen LogP contribution is -2.53. The van der Waals surface area contributed by atoms with Crippen LogP contribution in [0, 0.1) is 11.8 Å². The third-order valence-electron chi connectivity index (χ3n) is 6.61. The molecule has 0 aromatic carbocycles. The summed E-state index contributed by atoms with van der Waals surface area (Å²) < 4.78 is 0. The molecule has 0 amide bonds. The number of rotatable bonds is 3. The maximum Gasteiger partial charge on any atom is 0.0121 e. The molecule has 4 heteroatoms. The van der Waals surface area contributed by atoms with Gasteiger partial charge in [-0.1, -0.05) is 13.8 Å². The number of nitrogens with zero attached hydrogens (tertiary/aromatic N) is 3. The first-order valence-corrected chi connectivity index (χ1v) is 10.8. The van der Waals surface area contributed by atoms with Crippen molar-refractivity contribution < 1.29 is 0 Å². The lowest BCUT2D eigenvalue weighted by molar-refractivity contribution is 0.0592. The van der Waals surface area contributed by atoms with Crippen molar-refractivity contribution >= 4 is 0 Å². The molecule has 148 valence electrons. The molecular formula is C21H44N4. The Balaban J connectivity index is 0.000000212. The maximum absolute atomic E-state index is 3.37. The van der Waals surface area contributed by atoms with Crippen molar-refractivity contribution in [3.8, 4) is 0 Å². The zero-order chi connectivity index (χ0) is 18.2. The van der Waals surface area contributed by atoms with E-state index in [1.807, 2.05) is 0 Å². The average molecular weight is 353 g/mol. The lowest BCUT2D eigenvalue weighted by atomic mass is 9.87. The van der Waals surface area contributed by atoms with Gasteiger partial charge in [-0.2, -0.15) is 0 Å². The van der Waals surface area contributed by atoms with Crippen LogP contribution in [0.5, 0.6) is 0 Å². The van der Waals surface area contributed by atoms with Gasteiger partial charge in [0.15, 0.2) is 0 Å². The predicted octanol–water partition coefficient (Wildman–Crippen LogP) is 2.75. The van der Waals surface area contributed by atoms with Gasteiger partial charge in [0.25, 0.3) is 0 Å². The SMILES string of the molecule is CC(C)C1CCNCC1.CC(C)N1CCC(N2CCN(C)CC2)CC1. The summed E-state index contributed by atoms with van der Waals surface area (Å²) in [6, 6.07) is 1.59. The average Bonchev–Trinajstić information content (AvgIpc) is 2.64. The Morgan fingerprint density at radius 1 is 0.760 bits per heavy atom. The van der Waals surface area contributed by atoms with E-state index in [1.54, 1.807) is 0 Å². The van der Waals surface area contributed by atoms with E-state index in [1.165, 1.54) is 78.0 Å². The van der Waals surface area contributed by atoms with E-state index in [9.17, 15) is 0 Å². The number of piperidine rings is 2. The normalized spacial score (nSPS) is 26.0. The number of likely N-dealkylation sites (N-methyl/N-ethyl adjacent to an activating group) is 1. The van der Waals surface area contributed by atoms with Gasteiger partial charge in [-0.15, -0.1) is 0 Å². The highest BCUT2D eigenvalue weighted by atomic mass is 15.3. The molecule has 0 unspecified atom stereocenters. The molecule has 3 rings (SSSR count). The smallest absolute Gasteiger partial charge is 0.0121 e. The van der Waals surface area contributed by atoms with Crippen LogP contribution in [0.25, 0.3) is 0 Å². The van der Waals surface area contributed by atoms with Crippen LogP contribution < -0.4 is 5.32 Å². The minimum atomic E-state index is 0.730. The Hall–Kier alpha value is -0.160. The first kappa shape index (κ1) is 21.1. The third kappa shape index (κ3) is 7.16. The van der Waals surface area contributed by atoms with Gasteiger partial charge in [0.1, 0.15) is 0 Å². The quantitative estimate of drug-likeness (QED) is 0.843. The standard InChI is InChI=1S/C13H27N3.C8H17N/c1-12(2)15-6-4-13(5-7-15)16-10-8-14(3)9-11-16;1-7(2)8-3-5-9-6-4-8/h12-13H,4-11H2,1-3H3;7-9H,3-6H2,1-2H3. The first-order chi connectivity index (χ1) is 12.0. The van der Waals surface area contributed by atoms with Gasteiger partial charge in [-0.3, -0.25) is 4.90 Å². The van der Waals surface area contributed by atoms with Crippen LogP contribution in [0.2, 0.25) is 0 Å². The minimum absolute atomic E-state index is 0.730. The molecule has 1 N–H and O–H groups in total. The second kappa shape index (κ2) is 10.9. The minimum Gasteiger partial charge on any atom is -0.317 e. The van der Waals surface area contributed by atoms with E-state index in [0.717, 1.165) is 23.9 Å². The van der Waals surface area contributed by atoms with Crippen LogP contribution in [-0.4, -0.2) is 86.2 Å². The summed E-state index contributed by atoms with van der Waals surface area (Å²) in [5.41, 5.74) is 0. The molecule has 0 atom stereocenters. The van der Waals surface area contributed by atoms with E-state index in [2.05, 4.69) is 54.8 Å². The van der Waals surface area contributed by atoms with E-state index < -0.39 is 0 Å². The van der Waals surface area contributed by atoms with Gasteiger partial charge in [-0.05, 0) is 84.6 Å². The molecule has 3 fully saturated rings. The molecule has 3 heterocycles. The van der Waals surface area contributed by atoms with E-state index >= 15 is 0 Å². The van der Waals surface area contributed by atoms with Gasteiger partial charge in [0.05, 0.1) is 0 Å². The second-order valence-electron chi connectivity index (χ2n) is 9.03. The first-order valence-electron chi connectivity index (χ1n) is 10.8. The topological polar surface area (TPSA) is 21.8 Å². The fourth-order valence-corrected chi connectivity index (χ4v) is 4.47. The number of piperazine rings is 1. The van der Waals surface area contributed by atoms with Crippen LogP contribution in [0.4, 0.5) is 0 Å². The molecule has 3 aliphatic heterocycles. The van der Waals surface area contributed by atoms with Crippen LogP contribution in [-0.2, 0) is 0 Å². The zero-order valence-electron chi connectivity index (χ0n) is 17.6. The fraction of sp³-hybridized carbons (Fsp3) is 1.00. The number of likely N-dealkylation sites (tertiary alicyclic amines) is 1. The Labute approximate surface area is 157 Å². The molecule has 0 aliphatic carbocycles. The Bertz CT molecular complexity index is 336. The van der Waals surface area contributed by atoms with E-state index in [4.69, 9.17) is 0 Å². The number of hydrogen-bond donors (Lipinski definition) is 1. The van der Waals surface area contributed by atoms with Gasteiger partial charge in [0, 0.05) is 38.3 Å². The van der Waals surface area contributed by atoms with Gasteiger partial charge in [0.2, 0.25) is 0 Å². The molecule has 0 bridgehead atoms. The second-order valence-corrected chi connectivity index (χ2v) is 9.03. The van der Waals surface area contributed by atoms with Crippen LogP contribution in [0.1, 0.15) is 53.4 Å². The summed E-state index contributed by atoms with van der Waals surface area (Å²) >= 11 is 0. The highest BCUT2D eigenvalue weighted by molar-refractivity contribution is 4.83. The van der Waals surface area contributed by atoms with Gasteiger partial charge in [-0.25, -0.2) is 0 Å². The summed E-state index contributed by atoms with van der Waals surface area (Å²) in [6.07, 6.45) is 5.53. The molecule has 0 aromatic rings. The molecule has 0 aromatic heterocycles. The summed E-state index contributed by atoms with van der Waals surface area (Å²) in [7, 11) is 2.23. The summed E-state index contributed by atoms with van der Waals surface area (Å²) in [6.45, 7) is 19.4. The number of nitrogens with one attached hydrogen (secondary N) is 1. The third-order valence-corrected chi connectivity index (χ3v) is 6.61. The van der Waals surface area contributed by atoms with Crippen LogP contribution >= 0.6 is 0 Å². The lowest BCUT2D eigenvalue weighted by Gasteiger charge is -2.43. The number of hydrogen-bond acceptors (Lipinski definition) is 4. The van der Waals surface area contributed by atoms with E-state index in [-0.39, 0.29) is 0 Å². The molecule has 3 saturated heterocycles. The Morgan fingerprint density at radius 3 is 1.76 bits per heavy atom. The van der Waals surface area contributed by atoms with Crippen molar-refractivity contribution in [2.45, 2.75) is 65.5 Å². The van der Waals surface area contributed by atoms with Gasteiger partial charge >= 0.3 is 0 Å². The Kier molecular flexibility index (Phi) is 9.18. The molecule has 3 aliphatic rings. The molecule has 0 radical (unpaired) electrons. The highest BCUT2D eigenvalue weighted by Gasteiger charge is 2.27. The summed E-state index contributed by atoms with van der Waals surface area (Å²) in [4.78, 5) is 7.78. The zero-order valence-corrected chi connectivity index (χ0v) is 17.6. The summed E-state index contributed by atoms with van der Waals surface area (Å²) in [5, 5.41) is 3.37. The van der Waals surface area contributed by atoms with Crippen molar-refractivity contribution in [3.05, 3.63) is 0 Å². The summed E-state index contributed by atoms with van der Waals surface area (Å²) in [5.74, 6) is 1.89. The largest absolute Gasteiger partial charge is 0.317 e. The van der Waals surface area contributed by atoms with E-state index in [0.29, 0.717) is 0 Å². The van der Waals surface area contributed by atoms with Crippen molar-refractivity contribution in [2.75, 3.05) is 59.4 Å². The molecule has 25 heavy (non-hydrogen) atoms. The highest BCUT2D eigenvalue weighted by Crippen LogP contribution is 2.20. The molecule has 0 saturated carbocycles. The molecule has 0 spiro atoms.